The van der Waals surface area contributed by atoms with Crippen LogP contribution in [0.15, 0.2) is 58.3 Å². The fourth-order valence-electron chi connectivity index (χ4n) is 4.23. The number of hydrogen-bond acceptors (Lipinski definition) is 2. The Morgan fingerprint density at radius 2 is 1.56 bits per heavy atom. The SMILES string of the molecule is C[N+]1(C)CCCCC1CCN1c2ccccc2Sc2ccccc21.[Br-]. The van der Waals surface area contributed by atoms with E-state index < -0.39 is 0 Å². The van der Waals surface area contributed by atoms with Crippen LogP contribution < -0.4 is 21.9 Å². The van der Waals surface area contributed by atoms with E-state index in [4.69, 9.17) is 0 Å². The smallest absolute Gasteiger partial charge is 0.0903 e. The lowest BCUT2D eigenvalue weighted by Crippen LogP contribution is -3.00. The summed E-state index contributed by atoms with van der Waals surface area (Å²) >= 11 is 1.90. The monoisotopic (exact) mass is 418 g/mol. The van der Waals surface area contributed by atoms with Crippen molar-refractivity contribution < 1.29 is 21.5 Å². The molecule has 2 aromatic rings. The van der Waals surface area contributed by atoms with Crippen LogP contribution in [0.5, 0.6) is 0 Å². The lowest BCUT2D eigenvalue weighted by atomic mass is 9.97. The number of likely N-dealkylation sites (tertiary alicyclic amines) is 1. The van der Waals surface area contributed by atoms with Gasteiger partial charge >= 0.3 is 0 Å². The first kappa shape index (κ1) is 18.8. The minimum atomic E-state index is 0. The van der Waals surface area contributed by atoms with E-state index in [-0.39, 0.29) is 17.0 Å². The molecule has 25 heavy (non-hydrogen) atoms. The molecule has 2 aliphatic heterocycles. The first-order valence-electron chi connectivity index (χ1n) is 9.11. The molecule has 0 aliphatic carbocycles. The normalized spacial score (nSPS) is 21.0. The van der Waals surface area contributed by atoms with Crippen LogP contribution >= 0.6 is 11.8 Å². The standard InChI is InChI=1S/C21H27N2S.BrH/c1-23(2)16-8-7-9-17(23)14-15-22-18-10-3-5-12-20(18)24-21-13-6-4-11-19(21)22;/h3-6,10-13,17H,7-9,14-16H2,1-2H3;1H/q+1;/p-1. The number of para-hydroxylation sites is 2. The molecule has 0 saturated carbocycles. The highest BCUT2D eigenvalue weighted by Gasteiger charge is 2.32. The van der Waals surface area contributed by atoms with Crippen LogP contribution in [0.3, 0.4) is 0 Å². The molecule has 1 saturated heterocycles. The van der Waals surface area contributed by atoms with E-state index in [1.54, 1.807) is 0 Å². The third-order valence-corrected chi connectivity index (χ3v) is 6.86. The second-order valence-electron chi connectivity index (χ2n) is 7.63. The molecule has 2 aliphatic rings. The maximum atomic E-state index is 2.55. The first-order valence-corrected chi connectivity index (χ1v) is 9.93. The van der Waals surface area contributed by atoms with Gasteiger partial charge in [-0.3, -0.25) is 0 Å². The van der Waals surface area contributed by atoms with Crippen molar-refractivity contribution in [2.24, 2.45) is 0 Å². The topological polar surface area (TPSA) is 3.24 Å². The second-order valence-corrected chi connectivity index (χ2v) is 8.71. The highest BCUT2D eigenvalue weighted by Crippen LogP contribution is 2.48. The summed E-state index contributed by atoms with van der Waals surface area (Å²) in [5, 5.41) is 0. The molecule has 4 rings (SSSR count). The zero-order chi connectivity index (χ0) is 16.6. The number of piperidine rings is 1. The molecule has 2 heterocycles. The average molecular weight is 419 g/mol. The molecule has 1 fully saturated rings. The Labute approximate surface area is 166 Å². The van der Waals surface area contributed by atoms with Gasteiger partial charge in [-0.1, -0.05) is 36.0 Å². The summed E-state index contributed by atoms with van der Waals surface area (Å²) in [4.78, 5) is 5.32. The number of benzene rings is 2. The number of anilines is 2. The minimum Gasteiger partial charge on any atom is -1.00 e. The Morgan fingerprint density at radius 1 is 0.960 bits per heavy atom. The molecule has 2 nitrogen and oxygen atoms in total. The van der Waals surface area contributed by atoms with E-state index in [1.165, 1.54) is 57.9 Å². The summed E-state index contributed by atoms with van der Waals surface area (Å²) in [5.41, 5.74) is 2.75. The van der Waals surface area contributed by atoms with Crippen LogP contribution in [0.25, 0.3) is 0 Å². The Balaban J connectivity index is 0.00000182. The van der Waals surface area contributed by atoms with Gasteiger partial charge in [-0.2, -0.15) is 0 Å². The number of halogens is 1. The third-order valence-electron chi connectivity index (χ3n) is 5.73. The molecule has 0 N–H and O–H groups in total. The van der Waals surface area contributed by atoms with E-state index in [0.29, 0.717) is 0 Å². The Kier molecular flexibility index (Phi) is 5.81. The average Bonchev–Trinajstić information content (AvgIpc) is 2.59. The van der Waals surface area contributed by atoms with E-state index in [9.17, 15) is 0 Å². The Hall–Kier alpha value is -0.970. The molecule has 2 aromatic carbocycles. The van der Waals surface area contributed by atoms with Crippen LogP contribution in [-0.2, 0) is 0 Å². The van der Waals surface area contributed by atoms with Crippen molar-refractivity contribution in [2.75, 3.05) is 32.1 Å². The van der Waals surface area contributed by atoms with Gasteiger partial charge in [-0.15, -0.1) is 0 Å². The van der Waals surface area contributed by atoms with Gasteiger partial charge in [0.15, 0.2) is 0 Å². The van der Waals surface area contributed by atoms with E-state index >= 15 is 0 Å². The maximum absolute atomic E-state index is 2.55. The molecule has 0 amide bonds. The summed E-state index contributed by atoms with van der Waals surface area (Å²) in [7, 11) is 4.83. The van der Waals surface area contributed by atoms with E-state index in [1.807, 2.05) is 11.8 Å². The number of fused-ring (bicyclic) bond motifs is 2. The van der Waals surface area contributed by atoms with Crippen molar-refractivity contribution >= 4 is 23.1 Å². The lowest BCUT2D eigenvalue weighted by molar-refractivity contribution is -0.920. The van der Waals surface area contributed by atoms with Gasteiger partial charge < -0.3 is 26.4 Å². The van der Waals surface area contributed by atoms with Crippen LogP contribution in [0.2, 0.25) is 0 Å². The molecular weight excluding hydrogens is 392 g/mol. The fraction of sp³-hybridized carbons (Fsp3) is 0.429. The van der Waals surface area contributed by atoms with Gasteiger partial charge in [0.2, 0.25) is 0 Å². The Bertz CT molecular complexity index is 686. The molecular formula is C21H27BrN2S. The fourth-order valence-corrected chi connectivity index (χ4v) is 5.32. The predicted octanol–water partition coefficient (Wildman–Crippen LogP) is 2.31. The summed E-state index contributed by atoms with van der Waals surface area (Å²) in [6.07, 6.45) is 5.42. The molecule has 0 bridgehead atoms. The number of quaternary nitrogens is 1. The lowest BCUT2D eigenvalue weighted by Gasteiger charge is -2.43. The third kappa shape index (κ3) is 3.76. The number of nitrogens with zero attached hydrogens (tertiary/aromatic N) is 2. The Morgan fingerprint density at radius 3 is 2.16 bits per heavy atom. The van der Waals surface area contributed by atoms with Gasteiger partial charge in [-0.25, -0.2) is 0 Å². The van der Waals surface area contributed by atoms with Gasteiger partial charge in [-0.05, 0) is 43.5 Å². The molecule has 1 unspecified atom stereocenters. The van der Waals surface area contributed by atoms with Crippen LogP contribution in [0, 0.1) is 0 Å². The molecule has 4 heteroatoms. The second kappa shape index (κ2) is 7.73. The van der Waals surface area contributed by atoms with Gasteiger partial charge in [0.05, 0.1) is 38.1 Å². The number of hydrogen-bond donors (Lipinski definition) is 0. The quantitative estimate of drug-likeness (QED) is 0.703. The van der Waals surface area contributed by atoms with Crippen molar-refractivity contribution in [3.8, 4) is 0 Å². The van der Waals surface area contributed by atoms with Gasteiger partial charge in [0.25, 0.3) is 0 Å². The number of rotatable bonds is 3. The van der Waals surface area contributed by atoms with Crippen molar-refractivity contribution in [1.82, 2.24) is 0 Å². The molecule has 0 aromatic heterocycles. The summed E-state index contributed by atoms with van der Waals surface area (Å²) in [6, 6.07) is 18.5. The van der Waals surface area contributed by atoms with Gasteiger partial charge in [0.1, 0.15) is 0 Å². The van der Waals surface area contributed by atoms with E-state index in [2.05, 4.69) is 67.5 Å². The van der Waals surface area contributed by atoms with Crippen LogP contribution in [0.1, 0.15) is 25.7 Å². The minimum absolute atomic E-state index is 0. The van der Waals surface area contributed by atoms with Crippen LogP contribution in [0.4, 0.5) is 11.4 Å². The summed E-state index contributed by atoms with van der Waals surface area (Å²) in [5.74, 6) is 0. The van der Waals surface area contributed by atoms with Crippen molar-refractivity contribution in [3.63, 3.8) is 0 Å². The van der Waals surface area contributed by atoms with Crippen molar-refractivity contribution in [2.45, 2.75) is 41.5 Å². The maximum Gasteiger partial charge on any atom is 0.0903 e. The van der Waals surface area contributed by atoms with E-state index in [0.717, 1.165) is 12.6 Å². The van der Waals surface area contributed by atoms with Crippen LogP contribution in [-0.4, -0.2) is 37.7 Å². The molecule has 134 valence electrons. The van der Waals surface area contributed by atoms with Gasteiger partial charge in [0, 0.05) is 22.8 Å². The molecule has 1 atom stereocenters. The highest BCUT2D eigenvalue weighted by molar-refractivity contribution is 7.99. The summed E-state index contributed by atoms with van der Waals surface area (Å²) < 4.78 is 1.19. The molecule has 0 radical (unpaired) electrons. The van der Waals surface area contributed by atoms with Crippen molar-refractivity contribution in [3.05, 3.63) is 48.5 Å². The summed E-state index contributed by atoms with van der Waals surface area (Å²) in [6.45, 7) is 2.44. The molecule has 0 spiro atoms. The zero-order valence-electron chi connectivity index (χ0n) is 15.1. The largest absolute Gasteiger partial charge is 1.00 e. The first-order chi connectivity index (χ1) is 11.6. The zero-order valence-corrected chi connectivity index (χ0v) is 17.5. The predicted molar refractivity (Wildman–Crippen MR) is 103 cm³/mol. The van der Waals surface area contributed by atoms with Crippen molar-refractivity contribution in [1.29, 1.82) is 0 Å². The highest BCUT2D eigenvalue weighted by atomic mass is 79.9.